The van der Waals surface area contributed by atoms with E-state index in [9.17, 15) is 0 Å². The lowest BCUT2D eigenvalue weighted by molar-refractivity contribution is 0.195. The third-order valence-corrected chi connectivity index (χ3v) is 1.31. The second-order valence-electron chi connectivity index (χ2n) is 2.38. The average Bonchev–Trinajstić information content (AvgIpc) is 1.89. The van der Waals surface area contributed by atoms with Gasteiger partial charge in [0.05, 0.1) is 0 Å². The second-order valence-corrected chi connectivity index (χ2v) is 2.38. The fourth-order valence-corrected chi connectivity index (χ4v) is 0.805. The van der Waals surface area contributed by atoms with E-state index >= 15 is 0 Å². The van der Waals surface area contributed by atoms with Crippen molar-refractivity contribution in [3.63, 3.8) is 0 Å². The van der Waals surface area contributed by atoms with Crippen molar-refractivity contribution in [3.05, 3.63) is 12.2 Å². The Morgan fingerprint density at radius 3 is 2.80 bits per heavy atom. The molecule has 0 aliphatic rings. The van der Waals surface area contributed by atoms with E-state index < -0.39 is 0 Å². The molecule has 0 aromatic carbocycles. The van der Waals surface area contributed by atoms with Crippen LogP contribution < -0.4 is 5.32 Å². The number of hydrogen-bond donors (Lipinski definition) is 1. The van der Waals surface area contributed by atoms with Crippen molar-refractivity contribution in [2.24, 2.45) is 0 Å². The van der Waals surface area contributed by atoms with Crippen molar-refractivity contribution in [1.29, 1.82) is 0 Å². The largest absolute Gasteiger partial charge is 0.385 e. The van der Waals surface area contributed by atoms with Gasteiger partial charge in [-0.15, -0.1) is 0 Å². The molecule has 0 heterocycles. The minimum absolute atomic E-state index is 0.836. The van der Waals surface area contributed by atoms with Gasteiger partial charge in [-0.25, -0.2) is 0 Å². The number of hydrogen-bond acceptors (Lipinski definition) is 2. The molecule has 10 heavy (non-hydrogen) atoms. The van der Waals surface area contributed by atoms with Crippen LogP contribution in [0.2, 0.25) is 0 Å². The van der Waals surface area contributed by atoms with Gasteiger partial charge in [0.25, 0.3) is 0 Å². The first kappa shape index (κ1) is 9.66. The summed E-state index contributed by atoms with van der Waals surface area (Å²) in [7, 11) is 3.66. The standard InChI is InChI=1S/C8H17NO/c1-8(7-9-2)5-4-6-10-3/h9H,1,4-7H2,2-3H3. The van der Waals surface area contributed by atoms with Crippen molar-refractivity contribution < 1.29 is 4.74 Å². The summed E-state index contributed by atoms with van der Waals surface area (Å²) < 4.78 is 4.91. The highest BCUT2D eigenvalue weighted by molar-refractivity contribution is 4.95. The summed E-state index contributed by atoms with van der Waals surface area (Å²) in [5, 5.41) is 3.05. The summed E-state index contributed by atoms with van der Waals surface area (Å²) in [5.74, 6) is 0. The number of ether oxygens (including phenoxy) is 1. The Morgan fingerprint density at radius 1 is 1.60 bits per heavy atom. The highest BCUT2D eigenvalue weighted by atomic mass is 16.5. The Bertz CT molecular complexity index is 91.3. The van der Waals surface area contributed by atoms with E-state index in [1.165, 1.54) is 5.57 Å². The molecule has 0 aromatic rings. The Labute approximate surface area is 63.3 Å². The molecule has 0 bridgehead atoms. The molecule has 0 fully saturated rings. The molecular weight excluding hydrogens is 126 g/mol. The van der Waals surface area contributed by atoms with Gasteiger partial charge < -0.3 is 10.1 Å². The molecule has 0 amide bonds. The summed E-state index contributed by atoms with van der Waals surface area (Å²) in [6, 6.07) is 0. The zero-order chi connectivity index (χ0) is 7.82. The van der Waals surface area contributed by atoms with Gasteiger partial charge in [-0.1, -0.05) is 12.2 Å². The molecule has 0 radical (unpaired) electrons. The maximum atomic E-state index is 4.91. The topological polar surface area (TPSA) is 21.3 Å². The molecule has 2 nitrogen and oxygen atoms in total. The zero-order valence-electron chi connectivity index (χ0n) is 6.94. The number of rotatable bonds is 6. The lowest BCUT2D eigenvalue weighted by atomic mass is 10.2. The van der Waals surface area contributed by atoms with Crippen LogP contribution in [0.1, 0.15) is 12.8 Å². The maximum absolute atomic E-state index is 4.91. The van der Waals surface area contributed by atoms with Gasteiger partial charge in [0.1, 0.15) is 0 Å². The molecule has 0 rings (SSSR count). The molecule has 1 N–H and O–H groups in total. The minimum Gasteiger partial charge on any atom is -0.385 e. The van der Waals surface area contributed by atoms with Crippen LogP contribution in [0.15, 0.2) is 12.2 Å². The Balaban J connectivity index is 3.05. The highest BCUT2D eigenvalue weighted by Crippen LogP contribution is 1.99. The molecule has 2 heteroatoms. The number of methoxy groups -OCH3 is 1. The minimum atomic E-state index is 0.836. The molecular formula is C8H17NO. The SMILES string of the molecule is C=C(CCCOC)CNC. The van der Waals surface area contributed by atoms with Crippen LogP contribution in [0.3, 0.4) is 0 Å². The van der Waals surface area contributed by atoms with Gasteiger partial charge in [0, 0.05) is 20.3 Å². The Hall–Kier alpha value is -0.340. The van der Waals surface area contributed by atoms with Crippen LogP contribution >= 0.6 is 0 Å². The normalized spacial score (nSPS) is 9.80. The molecule has 0 aliphatic heterocycles. The van der Waals surface area contributed by atoms with Crippen molar-refractivity contribution in [3.8, 4) is 0 Å². The molecule has 0 aromatic heterocycles. The molecule has 0 atom stereocenters. The summed E-state index contributed by atoms with van der Waals surface area (Å²) in [6.07, 6.45) is 2.14. The first-order valence-electron chi connectivity index (χ1n) is 3.61. The van der Waals surface area contributed by atoms with Gasteiger partial charge in [0.2, 0.25) is 0 Å². The smallest absolute Gasteiger partial charge is 0.0465 e. The van der Waals surface area contributed by atoms with Crippen LogP contribution in [0.25, 0.3) is 0 Å². The van der Waals surface area contributed by atoms with Gasteiger partial charge >= 0.3 is 0 Å². The van der Waals surface area contributed by atoms with Crippen LogP contribution in [-0.4, -0.2) is 27.3 Å². The molecule has 0 unspecified atom stereocenters. The van der Waals surface area contributed by atoms with Gasteiger partial charge in [-0.3, -0.25) is 0 Å². The van der Waals surface area contributed by atoms with Crippen molar-refractivity contribution in [2.45, 2.75) is 12.8 Å². The second kappa shape index (κ2) is 6.78. The van der Waals surface area contributed by atoms with Crippen LogP contribution in [0.5, 0.6) is 0 Å². The fourth-order valence-electron chi connectivity index (χ4n) is 0.805. The van der Waals surface area contributed by atoms with Gasteiger partial charge in [0.15, 0.2) is 0 Å². The van der Waals surface area contributed by atoms with E-state index in [1.807, 2.05) is 7.05 Å². The van der Waals surface area contributed by atoms with Crippen LogP contribution in [0, 0.1) is 0 Å². The van der Waals surface area contributed by atoms with E-state index in [0.29, 0.717) is 0 Å². The van der Waals surface area contributed by atoms with Gasteiger partial charge in [-0.05, 0) is 19.9 Å². The Kier molecular flexibility index (Phi) is 6.55. The van der Waals surface area contributed by atoms with E-state index in [1.54, 1.807) is 7.11 Å². The quantitative estimate of drug-likeness (QED) is 0.445. The molecule has 0 saturated carbocycles. The van der Waals surface area contributed by atoms with Crippen LogP contribution in [0.4, 0.5) is 0 Å². The first-order valence-corrected chi connectivity index (χ1v) is 3.61. The van der Waals surface area contributed by atoms with Crippen molar-refractivity contribution in [1.82, 2.24) is 5.32 Å². The molecule has 0 aliphatic carbocycles. The van der Waals surface area contributed by atoms with Crippen molar-refractivity contribution >= 4 is 0 Å². The maximum Gasteiger partial charge on any atom is 0.0465 e. The third-order valence-electron chi connectivity index (χ3n) is 1.31. The molecule has 0 saturated heterocycles. The molecule has 60 valence electrons. The van der Waals surface area contributed by atoms with Crippen LogP contribution in [-0.2, 0) is 4.74 Å². The van der Waals surface area contributed by atoms with E-state index in [-0.39, 0.29) is 0 Å². The predicted molar refractivity (Wildman–Crippen MR) is 44.2 cm³/mol. The zero-order valence-corrected chi connectivity index (χ0v) is 6.94. The fraction of sp³-hybridized carbons (Fsp3) is 0.750. The summed E-state index contributed by atoms with van der Waals surface area (Å²) in [6.45, 7) is 5.65. The van der Waals surface area contributed by atoms with E-state index in [4.69, 9.17) is 4.74 Å². The van der Waals surface area contributed by atoms with E-state index in [2.05, 4.69) is 11.9 Å². The lowest BCUT2D eigenvalue weighted by Crippen LogP contribution is -2.09. The summed E-state index contributed by atoms with van der Waals surface area (Å²) in [4.78, 5) is 0. The third kappa shape index (κ3) is 5.79. The lowest BCUT2D eigenvalue weighted by Gasteiger charge is -2.02. The van der Waals surface area contributed by atoms with E-state index in [0.717, 1.165) is 26.0 Å². The monoisotopic (exact) mass is 143 g/mol. The number of nitrogens with one attached hydrogen (secondary N) is 1. The van der Waals surface area contributed by atoms with Gasteiger partial charge in [-0.2, -0.15) is 0 Å². The predicted octanol–water partition coefficient (Wildman–Crippen LogP) is 1.19. The first-order chi connectivity index (χ1) is 4.81. The highest BCUT2D eigenvalue weighted by Gasteiger charge is 1.91. The Morgan fingerprint density at radius 2 is 2.30 bits per heavy atom. The summed E-state index contributed by atoms with van der Waals surface area (Å²) in [5.41, 5.74) is 1.25. The average molecular weight is 143 g/mol. The molecule has 0 spiro atoms. The van der Waals surface area contributed by atoms with Crippen molar-refractivity contribution in [2.75, 3.05) is 27.3 Å². The summed E-state index contributed by atoms with van der Waals surface area (Å²) >= 11 is 0. The number of likely N-dealkylation sites (N-methyl/N-ethyl adjacent to an activating group) is 1.